The van der Waals surface area contributed by atoms with Gasteiger partial charge in [0.15, 0.2) is 10.8 Å². The third kappa shape index (κ3) is 6.35. The molecule has 0 unspecified atom stereocenters. The van der Waals surface area contributed by atoms with Crippen molar-refractivity contribution < 1.29 is 40.6 Å². The number of carbonyl (C=O) groups excluding carboxylic acids is 3. The Morgan fingerprint density at radius 1 is 1.33 bits per heavy atom. The average Bonchev–Trinajstić information content (AvgIpc) is 3.08. The van der Waals surface area contributed by atoms with Gasteiger partial charge >= 0.3 is 10.3 Å². The van der Waals surface area contributed by atoms with Gasteiger partial charge in [-0.05, 0) is 20.8 Å². The highest BCUT2D eigenvalue weighted by Crippen LogP contribution is 2.23. The minimum Gasteiger partial charge on any atom is -0.379 e. The standard InChI is InChI=1S/C14H21N7O9S3/c1-6-8(11(23)21(6)33(27,28)29)17-10(22)9(7-5-31-13(15)16-7)19-30-14(2,3)12(24)18-20-32(4,25)26/h5-6,8,20H,1-4H3,(H2,15,16)(H,17,22)(H,18,24)(H,27,28,29)/b19-9-/t6-,8-/m0/s1. The fourth-order valence-electron chi connectivity index (χ4n) is 2.40. The molecule has 1 aromatic rings. The number of aromatic nitrogens is 1. The smallest absolute Gasteiger partial charge is 0.362 e. The summed E-state index contributed by atoms with van der Waals surface area (Å²) in [7, 11) is -8.56. The molecule has 0 bridgehead atoms. The molecule has 0 radical (unpaired) electrons. The van der Waals surface area contributed by atoms with Gasteiger partial charge in [-0.1, -0.05) is 5.16 Å². The van der Waals surface area contributed by atoms with Gasteiger partial charge in [-0.25, -0.2) is 17.7 Å². The number of sulfonamides is 1. The van der Waals surface area contributed by atoms with E-state index in [4.69, 9.17) is 15.1 Å². The van der Waals surface area contributed by atoms with E-state index >= 15 is 0 Å². The molecule has 1 aromatic heterocycles. The zero-order valence-electron chi connectivity index (χ0n) is 17.6. The fraction of sp³-hybridized carbons (Fsp3) is 0.500. The van der Waals surface area contributed by atoms with Crippen molar-refractivity contribution in [2.45, 2.75) is 38.5 Å². The summed E-state index contributed by atoms with van der Waals surface area (Å²) in [5.74, 6) is -3.06. The van der Waals surface area contributed by atoms with E-state index in [1.807, 2.05) is 5.43 Å². The number of hydrogen-bond donors (Lipinski definition) is 5. The molecule has 1 saturated heterocycles. The Balaban J connectivity index is 2.23. The molecule has 0 aliphatic carbocycles. The molecule has 0 saturated carbocycles. The van der Waals surface area contributed by atoms with Gasteiger partial charge in [0.05, 0.1) is 12.3 Å². The Kier molecular flexibility index (Phi) is 7.33. The lowest BCUT2D eigenvalue weighted by Crippen LogP contribution is -2.71. The average molecular weight is 528 g/mol. The highest BCUT2D eigenvalue weighted by atomic mass is 32.2. The molecular formula is C14H21N7O9S3. The first-order chi connectivity index (χ1) is 14.9. The molecule has 2 rings (SSSR count). The van der Waals surface area contributed by atoms with Crippen molar-refractivity contribution in [3.8, 4) is 0 Å². The van der Waals surface area contributed by atoms with Crippen LogP contribution in [-0.2, 0) is 39.5 Å². The van der Waals surface area contributed by atoms with Crippen LogP contribution in [-0.4, -0.2) is 78.1 Å². The number of nitrogen functional groups attached to an aromatic ring is 1. The first-order valence-electron chi connectivity index (χ1n) is 8.80. The number of nitrogens with two attached hydrogens (primary N) is 1. The Bertz CT molecular complexity index is 1210. The predicted octanol–water partition coefficient (Wildman–Crippen LogP) is -2.68. The number of nitrogens with zero attached hydrogens (tertiary/aromatic N) is 3. The molecule has 33 heavy (non-hydrogen) atoms. The van der Waals surface area contributed by atoms with E-state index in [0.717, 1.165) is 17.6 Å². The molecule has 184 valence electrons. The van der Waals surface area contributed by atoms with Crippen LogP contribution in [0.1, 0.15) is 26.5 Å². The van der Waals surface area contributed by atoms with Crippen molar-refractivity contribution in [3.05, 3.63) is 11.1 Å². The van der Waals surface area contributed by atoms with Crippen LogP contribution in [0.3, 0.4) is 0 Å². The molecule has 16 nitrogen and oxygen atoms in total. The van der Waals surface area contributed by atoms with Gasteiger partial charge < -0.3 is 15.9 Å². The summed E-state index contributed by atoms with van der Waals surface area (Å²) in [6.07, 6.45) is 0.806. The fourth-order valence-corrected chi connectivity index (χ4v) is 4.11. The number of thiazole rings is 1. The first-order valence-corrected chi connectivity index (χ1v) is 13.0. The summed E-state index contributed by atoms with van der Waals surface area (Å²) in [4.78, 5) is 47.8. The number of amides is 3. The van der Waals surface area contributed by atoms with Crippen LogP contribution in [0.5, 0.6) is 0 Å². The van der Waals surface area contributed by atoms with Crippen LogP contribution in [0.15, 0.2) is 10.5 Å². The first kappa shape index (κ1) is 26.4. The van der Waals surface area contributed by atoms with Crippen molar-refractivity contribution in [2.75, 3.05) is 12.0 Å². The van der Waals surface area contributed by atoms with E-state index in [0.29, 0.717) is 0 Å². The van der Waals surface area contributed by atoms with Crippen molar-refractivity contribution in [3.63, 3.8) is 0 Å². The number of hydrazine groups is 1. The van der Waals surface area contributed by atoms with Crippen LogP contribution in [0.4, 0.5) is 5.13 Å². The van der Waals surface area contributed by atoms with Crippen LogP contribution in [0, 0.1) is 0 Å². The largest absolute Gasteiger partial charge is 0.379 e. The number of rotatable bonds is 9. The van der Waals surface area contributed by atoms with Crippen LogP contribution in [0.2, 0.25) is 0 Å². The highest BCUT2D eigenvalue weighted by Gasteiger charge is 2.51. The predicted molar refractivity (Wildman–Crippen MR) is 114 cm³/mol. The second kappa shape index (κ2) is 9.17. The maximum atomic E-state index is 12.8. The summed E-state index contributed by atoms with van der Waals surface area (Å²) in [6.45, 7) is 3.72. The molecule has 0 spiro atoms. The van der Waals surface area contributed by atoms with Gasteiger partial charge in [-0.15, -0.1) is 16.2 Å². The Morgan fingerprint density at radius 3 is 2.39 bits per heavy atom. The summed E-state index contributed by atoms with van der Waals surface area (Å²) in [5.41, 5.74) is 5.10. The van der Waals surface area contributed by atoms with Crippen LogP contribution in [0.25, 0.3) is 0 Å². The van der Waals surface area contributed by atoms with Gasteiger partial charge in [-0.3, -0.25) is 24.4 Å². The Morgan fingerprint density at radius 2 is 1.94 bits per heavy atom. The number of nitrogens with one attached hydrogen (secondary N) is 3. The van der Waals surface area contributed by atoms with E-state index in [1.165, 1.54) is 26.2 Å². The lowest BCUT2D eigenvalue weighted by atomic mass is 10.0. The lowest BCUT2D eigenvalue weighted by Gasteiger charge is -2.42. The third-order valence-corrected chi connectivity index (χ3v) is 6.27. The zero-order valence-corrected chi connectivity index (χ0v) is 20.0. The Labute approximate surface area is 192 Å². The number of hydrogen-bond acceptors (Lipinski definition) is 12. The van der Waals surface area contributed by atoms with Crippen molar-refractivity contribution in [1.82, 2.24) is 24.9 Å². The van der Waals surface area contributed by atoms with Gasteiger partial charge in [0.2, 0.25) is 15.6 Å². The van der Waals surface area contributed by atoms with Gasteiger partial charge in [0.25, 0.3) is 17.7 Å². The Hall–Kier alpha value is -2.87. The second-order valence-corrected chi connectivity index (χ2v) is 11.2. The molecular weight excluding hydrogens is 506 g/mol. The molecule has 6 N–H and O–H groups in total. The minimum atomic E-state index is -4.80. The summed E-state index contributed by atoms with van der Waals surface area (Å²) in [5, 5.41) is 7.29. The molecule has 1 fully saturated rings. The van der Waals surface area contributed by atoms with E-state index < -0.39 is 61.4 Å². The monoisotopic (exact) mass is 527 g/mol. The highest BCUT2D eigenvalue weighted by molar-refractivity contribution is 7.88. The second-order valence-electron chi connectivity index (χ2n) is 7.24. The van der Waals surface area contributed by atoms with Crippen LogP contribution < -0.4 is 21.3 Å². The van der Waals surface area contributed by atoms with E-state index in [2.05, 4.69) is 15.5 Å². The molecule has 2 atom stereocenters. The minimum absolute atomic E-state index is 0.0606. The number of oxime groups is 1. The number of β-lactam (4-membered cyclic amide) rings is 1. The van der Waals surface area contributed by atoms with Gasteiger partial charge in [0, 0.05) is 5.38 Å². The number of carbonyl (C=O) groups is 3. The van der Waals surface area contributed by atoms with Crippen molar-refractivity contribution in [2.24, 2.45) is 5.16 Å². The van der Waals surface area contributed by atoms with E-state index in [1.54, 1.807) is 4.83 Å². The quantitative estimate of drug-likeness (QED) is 0.0959. The molecule has 19 heteroatoms. The molecule has 1 aliphatic rings. The molecule has 3 amide bonds. The normalized spacial score (nSPS) is 19.6. The van der Waals surface area contributed by atoms with Gasteiger partial charge in [-0.2, -0.15) is 8.42 Å². The molecule has 1 aliphatic heterocycles. The van der Waals surface area contributed by atoms with E-state index in [-0.39, 0.29) is 15.1 Å². The summed E-state index contributed by atoms with van der Waals surface area (Å²) in [6, 6.07) is -2.40. The summed E-state index contributed by atoms with van der Waals surface area (Å²) >= 11 is 0.951. The third-order valence-electron chi connectivity index (χ3n) is 4.11. The topological polar surface area (TPSA) is 240 Å². The zero-order chi connectivity index (χ0) is 25.4. The maximum absolute atomic E-state index is 12.8. The van der Waals surface area contributed by atoms with Crippen molar-refractivity contribution in [1.29, 1.82) is 0 Å². The SMILES string of the molecule is C[C@H]1[C@H](NC(=O)/C(=N\OC(C)(C)C(=O)NNS(C)(=O)=O)c2csc(N)n2)C(=O)N1S(=O)(=O)O. The summed E-state index contributed by atoms with van der Waals surface area (Å²) < 4.78 is 53.9. The lowest BCUT2D eigenvalue weighted by molar-refractivity contribution is -0.144. The molecule has 0 aromatic carbocycles. The van der Waals surface area contributed by atoms with E-state index in [9.17, 15) is 31.2 Å². The van der Waals surface area contributed by atoms with Crippen LogP contribution >= 0.6 is 11.3 Å². The maximum Gasteiger partial charge on any atom is 0.362 e. The van der Waals surface area contributed by atoms with Gasteiger partial charge in [0.1, 0.15) is 11.7 Å². The molecule has 2 heterocycles. The van der Waals surface area contributed by atoms with Crippen molar-refractivity contribution >= 4 is 60.2 Å². The number of anilines is 1.